The van der Waals surface area contributed by atoms with Crippen LogP contribution in [0.5, 0.6) is 0 Å². The number of benzene rings is 1. The Kier molecular flexibility index (Phi) is 2.95. The molecule has 0 saturated carbocycles. The van der Waals surface area contributed by atoms with Crippen molar-refractivity contribution in [2.75, 3.05) is 11.0 Å². The number of anilines is 1. The topological polar surface area (TPSA) is 3.24 Å². The van der Waals surface area contributed by atoms with Crippen molar-refractivity contribution in [2.45, 2.75) is 0 Å². The second-order valence-corrected chi connectivity index (χ2v) is 2.61. The van der Waals surface area contributed by atoms with Gasteiger partial charge in [0.2, 0.25) is 0 Å². The highest BCUT2D eigenvalue weighted by molar-refractivity contribution is 6.25. The van der Waals surface area contributed by atoms with Crippen molar-refractivity contribution < 1.29 is 4.39 Å². The lowest BCUT2D eigenvalue weighted by Crippen LogP contribution is -2.09. The highest BCUT2D eigenvalue weighted by Gasteiger charge is 1.99. The largest absolute Gasteiger partial charge is 0.273 e. The molecule has 0 amide bonds. The lowest BCUT2D eigenvalue weighted by atomic mass is 10.3. The molecule has 0 saturated heterocycles. The van der Waals surface area contributed by atoms with Crippen molar-refractivity contribution >= 4 is 17.5 Å². The fourth-order valence-electron chi connectivity index (χ4n) is 0.774. The van der Waals surface area contributed by atoms with Crippen LogP contribution in [0.4, 0.5) is 10.1 Å². The SMILES string of the molecule is C#CCN(Cl)c1ccc(F)cc1. The van der Waals surface area contributed by atoms with Crippen molar-refractivity contribution in [2.24, 2.45) is 0 Å². The van der Waals surface area contributed by atoms with Crippen LogP contribution >= 0.6 is 11.8 Å². The fraction of sp³-hybridized carbons (Fsp3) is 0.111. The highest BCUT2D eigenvalue weighted by atomic mass is 35.5. The number of hydrogen-bond donors (Lipinski definition) is 0. The average molecular weight is 184 g/mol. The number of halogens is 2. The predicted octanol–water partition coefficient (Wildman–Crippen LogP) is 2.42. The zero-order chi connectivity index (χ0) is 8.97. The first-order valence-electron chi connectivity index (χ1n) is 3.36. The lowest BCUT2D eigenvalue weighted by molar-refractivity contribution is 0.628. The van der Waals surface area contributed by atoms with E-state index in [0.717, 1.165) is 0 Å². The van der Waals surface area contributed by atoms with Crippen molar-refractivity contribution in [1.82, 2.24) is 0 Å². The lowest BCUT2D eigenvalue weighted by Gasteiger charge is -2.11. The van der Waals surface area contributed by atoms with Crippen LogP contribution in [0.1, 0.15) is 0 Å². The maximum Gasteiger partial charge on any atom is 0.123 e. The minimum absolute atomic E-state index is 0.287. The summed E-state index contributed by atoms with van der Waals surface area (Å²) in [6, 6.07) is 5.81. The van der Waals surface area contributed by atoms with E-state index in [1.165, 1.54) is 16.6 Å². The molecule has 0 aliphatic rings. The van der Waals surface area contributed by atoms with Crippen LogP contribution in [0.15, 0.2) is 24.3 Å². The number of hydrogen-bond acceptors (Lipinski definition) is 1. The van der Waals surface area contributed by atoms with Crippen molar-refractivity contribution in [3.05, 3.63) is 30.1 Å². The minimum atomic E-state index is -0.287. The smallest absolute Gasteiger partial charge is 0.123 e. The Morgan fingerprint density at radius 1 is 1.42 bits per heavy atom. The molecule has 0 radical (unpaired) electrons. The molecule has 1 aromatic rings. The van der Waals surface area contributed by atoms with E-state index in [9.17, 15) is 4.39 Å². The zero-order valence-corrected chi connectivity index (χ0v) is 7.05. The van der Waals surface area contributed by atoms with Gasteiger partial charge in [0.05, 0.1) is 12.2 Å². The van der Waals surface area contributed by atoms with Gasteiger partial charge in [-0.15, -0.1) is 6.42 Å². The molecule has 62 valence electrons. The molecule has 0 aromatic heterocycles. The Bertz CT molecular complexity index is 288. The molecule has 0 atom stereocenters. The molecule has 3 heteroatoms. The number of nitrogens with zero attached hydrogens (tertiary/aromatic N) is 1. The van der Waals surface area contributed by atoms with Crippen molar-refractivity contribution in [3.63, 3.8) is 0 Å². The summed E-state index contributed by atoms with van der Waals surface area (Å²) in [6.45, 7) is 0.299. The van der Waals surface area contributed by atoms with Gasteiger partial charge in [-0.2, -0.15) is 0 Å². The van der Waals surface area contributed by atoms with E-state index in [-0.39, 0.29) is 5.82 Å². The van der Waals surface area contributed by atoms with Gasteiger partial charge in [0.15, 0.2) is 0 Å². The van der Waals surface area contributed by atoms with Crippen LogP contribution in [-0.4, -0.2) is 6.54 Å². The van der Waals surface area contributed by atoms with Gasteiger partial charge in [0.25, 0.3) is 0 Å². The van der Waals surface area contributed by atoms with Gasteiger partial charge in [-0.3, -0.25) is 4.42 Å². The standard InChI is InChI=1S/C9H7ClFN/c1-2-7-12(10)9-5-3-8(11)4-6-9/h1,3-6H,7H2. The molecule has 0 aliphatic carbocycles. The van der Waals surface area contributed by atoms with E-state index in [2.05, 4.69) is 5.92 Å². The summed E-state index contributed by atoms with van der Waals surface area (Å²) in [5, 5.41) is 0. The van der Waals surface area contributed by atoms with Gasteiger partial charge >= 0.3 is 0 Å². The molecular weight excluding hydrogens is 177 g/mol. The van der Waals surface area contributed by atoms with E-state index in [1.54, 1.807) is 12.1 Å². The Labute approximate surface area is 75.9 Å². The predicted molar refractivity (Wildman–Crippen MR) is 48.4 cm³/mol. The van der Waals surface area contributed by atoms with Gasteiger partial charge in [0.1, 0.15) is 5.82 Å². The maximum absolute atomic E-state index is 12.4. The van der Waals surface area contributed by atoms with E-state index < -0.39 is 0 Å². The molecule has 0 fully saturated rings. The highest BCUT2D eigenvalue weighted by Crippen LogP contribution is 2.15. The van der Waals surface area contributed by atoms with Crippen LogP contribution in [0, 0.1) is 18.2 Å². The Balaban J connectivity index is 2.76. The summed E-state index contributed by atoms with van der Waals surface area (Å²) in [4.78, 5) is 0. The molecule has 0 N–H and O–H groups in total. The third-order valence-corrected chi connectivity index (χ3v) is 1.65. The fourth-order valence-corrected chi connectivity index (χ4v) is 0.956. The molecule has 0 bridgehead atoms. The summed E-state index contributed by atoms with van der Waals surface area (Å²) in [6.07, 6.45) is 5.05. The Hall–Kier alpha value is -1.20. The second-order valence-electron chi connectivity index (χ2n) is 2.20. The van der Waals surface area contributed by atoms with E-state index in [1.807, 2.05) is 0 Å². The molecular formula is C9H7ClFN. The van der Waals surface area contributed by atoms with Gasteiger partial charge < -0.3 is 0 Å². The van der Waals surface area contributed by atoms with Gasteiger partial charge in [0, 0.05) is 11.8 Å². The second kappa shape index (κ2) is 3.99. The summed E-state index contributed by atoms with van der Waals surface area (Å²) >= 11 is 5.73. The van der Waals surface area contributed by atoms with Crippen LogP contribution < -0.4 is 4.42 Å². The van der Waals surface area contributed by atoms with E-state index in [0.29, 0.717) is 12.2 Å². The van der Waals surface area contributed by atoms with Crippen LogP contribution in [0.3, 0.4) is 0 Å². The van der Waals surface area contributed by atoms with E-state index in [4.69, 9.17) is 18.2 Å². The first-order chi connectivity index (χ1) is 5.74. The molecule has 12 heavy (non-hydrogen) atoms. The third kappa shape index (κ3) is 2.14. The molecule has 0 spiro atoms. The quantitative estimate of drug-likeness (QED) is 0.503. The van der Waals surface area contributed by atoms with Crippen LogP contribution in [0.25, 0.3) is 0 Å². The first kappa shape index (κ1) is 8.89. The number of rotatable bonds is 2. The average Bonchev–Trinajstić information content (AvgIpc) is 2.06. The van der Waals surface area contributed by atoms with Gasteiger partial charge in [-0.25, -0.2) is 4.39 Å². The first-order valence-corrected chi connectivity index (χ1v) is 3.70. The Morgan fingerprint density at radius 2 is 2.00 bits per heavy atom. The summed E-state index contributed by atoms with van der Waals surface area (Å²) in [5.41, 5.74) is 0.691. The van der Waals surface area contributed by atoms with E-state index >= 15 is 0 Å². The third-order valence-electron chi connectivity index (χ3n) is 1.34. The van der Waals surface area contributed by atoms with Gasteiger partial charge in [-0.1, -0.05) is 5.92 Å². The Morgan fingerprint density at radius 3 is 2.50 bits per heavy atom. The zero-order valence-electron chi connectivity index (χ0n) is 6.30. The minimum Gasteiger partial charge on any atom is -0.273 e. The molecule has 0 heterocycles. The summed E-state index contributed by atoms with van der Waals surface area (Å²) < 4.78 is 13.8. The normalized spacial score (nSPS) is 9.08. The molecule has 1 nitrogen and oxygen atoms in total. The van der Waals surface area contributed by atoms with Crippen LogP contribution in [-0.2, 0) is 0 Å². The van der Waals surface area contributed by atoms with Gasteiger partial charge in [-0.05, 0) is 24.3 Å². The van der Waals surface area contributed by atoms with Crippen molar-refractivity contribution in [3.8, 4) is 12.3 Å². The van der Waals surface area contributed by atoms with Crippen LogP contribution in [0.2, 0.25) is 0 Å². The molecule has 1 aromatic carbocycles. The maximum atomic E-state index is 12.4. The monoisotopic (exact) mass is 183 g/mol. The molecule has 1 rings (SSSR count). The molecule has 0 aliphatic heterocycles. The molecule has 0 unspecified atom stereocenters. The number of terminal acetylenes is 1. The summed E-state index contributed by atoms with van der Waals surface area (Å²) in [7, 11) is 0. The van der Waals surface area contributed by atoms with Crippen molar-refractivity contribution in [1.29, 1.82) is 0 Å². The summed E-state index contributed by atoms with van der Waals surface area (Å²) in [5.74, 6) is 2.09.